The summed E-state index contributed by atoms with van der Waals surface area (Å²) in [6.45, 7) is 2.29. The number of alkyl halides is 1. The Hall–Kier alpha value is -0.160. The third kappa shape index (κ3) is 20.0. The molecule has 0 aliphatic rings. The number of hydrogen-bond donors (Lipinski definition) is 0. The van der Waals surface area contributed by atoms with Crippen LogP contribution < -0.4 is 0 Å². The number of unbranched alkanes of at least 4 members (excludes halogenated alkanes) is 14. The van der Waals surface area contributed by atoms with Gasteiger partial charge in [-0.1, -0.05) is 90.4 Å². The molecule has 0 spiro atoms. The molecule has 0 fully saturated rings. The van der Waals surface area contributed by atoms with Crippen LogP contribution in [0.3, 0.4) is 0 Å². The second kappa shape index (κ2) is 18.6. The largest absolute Gasteiger partial charge is 0.270 e. The van der Waals surface area contributed by atoms with E-state index in [1.54, 1.807) is 0 Å². The van der Waals surface area contributed by atoms with Gasteiger partial charge in [-0.25, -0.2) is 0 Å². The van der Waals surface area contributed by atoms with Crippen molar-refractivity contribution in [2.75, 3.05) is 19.0 Å². The van der Waals surface area contributed by atoms with Crippen LogP contribution in [0.25, 0.3) is 0 Å². The quantitative estimate of drug-likeness (QED) is 0.177. The molecule has 0 atom stereocenters. The Morgan fingerprint density at radius 2 is 1.08 bits per heavy atom. The van der Waals surface area contributed by atoms with Crippen molar-refractivity contribution < 1.29 is 17.0 Å². The molecular weight excluding hydrogens is 339 g/mol. The summed E-state index contributed by atoms with van der Waals surface area (Å²) in [4.78, 5) is 0. The maximum Gasteiger partial charge on any atom is 0.267 e. The van der Waals surface area contributed by atoms with Crippen molar-refractivity contribution in [2.24, 2.45) is 0 Å². The van der Waals surface area contributed by atoms with Gasteiger partial charge in [0.15, 0.2) is 0 Å². The van der Waals surface area contributed by atoms with Crippen LogP contribution in [-0.4, -0.2) is 27.5 Å². The van der Waals surface area contributed by atoms with Crippen molar-refractivity contribution in [1.29, 1.82) is 0 Å². The average Bonchev–Trinajstić information content (AvgIpc) is 2.59. The van der Waals surface area contributed by atoms with Crippen molar-refractivity contribution >= 4 is 10.1 Å². The Labute approximate surface area is 156 Å². The molecule has 0 bridgehead atoms. The van der Waals surface area contributed by atoms with Gasteiger partial charge in [-0.2, -0.15) is 8.42 Å². The molecule has 0 aliphatic carbocycles. The first-order chi connectivity index (χ1) is 12.1. The fourth-order valence-electron chi connectivity index (χ4n) is 2.91. The minimum Gasteiger partial charge on any atom is -0.270 e. The monoisotopic (exact) mass is 380 g/mol. The molecule has 0 aromatic carbocycles. The Balaban J connectivity index is 3.31. The van der Waals surface area contributed by atoms with Gasteiger partial charge >= 0.3 is 0 Å². The summed E-state index contributed by atoms with van der Waals surface area (Å²) < 4.78 is 40.4. The van der Waals surface area contributed by atoms with Crippen LogP contribution >= 0.6 is 0 Å². The van der Waals surface area contributed by atoms with Gasteiger partial charge in [-0.15, -0.1) is 0 Å². The first-order valence-corrected chi connectivity index (χ1v) is 12.1. The van der Waals surface area contributed by atoms with Crippen LogP contribution in [0, 0.1) is 0 Å². The van der Waals surface area contributed by atoms with Crippen molar-refractivity contribution in [3.8, 4) is 0 Å². The van der Waals surface area contributed by atoms with Crippen LogP contribution in [0.1, 0.15) is 110 Å². The van der Waals surface area contributed by atoms with Crippen molar-refractivity contribution in [3.05, 3.63) is 0 Å². The molecule has 0 unspecified atom stereocenters. The van der Waals surface area contributed by atoms with E-state index in [0.29, 0.717) is 19.4 Å². The Bertz CT molecular complexity index is 358. The first-order valence-electron chi connectivity index (χ1n) is 10.6. The topological polar surface area (TPSA) is 43.4 Å². The minimum absolute atomic E-state index is 0.0979. The number of rotatable bonds is 20. The summed E-state index contributed by atoms with van der Waals surface area (Å²) in [5.41, 5.74) is 0. The second-order valence-electron chi connectivity index (χ2n) is 7.08. The van der Waals surface area contributed by atoms with Crippen LogP contribution in [0.4, 0.5) is 4.39 Å². The molecule has 3 nitrogen and oxygen atoms in total. The van der Waals surface area contributed by atoms with Gasteiger partial charge in [0.1, 0.15) is 0 Å². The fraction of sp³-hybridized carbons (Fsp3) is 1.00. The van der Waals surface area contributed by atoms with Crippen LogP contribution in [0.2, 0.25) is 0 Å². The number of hydrogen-bond acceptors (Lipinski definition) is 3. The molecule has 5 heteroatoms. The molecular formula is C20H41FO3S. The zero-order chi connectivity index (χ0) is 18.6. The van der Waals surface area contributed by atoms with Crippen LogP contribution in [0.5, 0.6) is 0 Å². The van der Waals surface area contributed by atoms with Gasteiger partial charge in [-0.05, 0) is 19.3 Å². The van der Waals surface area contributed by atoms with Crippen molar-refractivity contribution in [2.45, 2.75) is 110 Å². The average molecular weight is 381 g/mol. The summed E-state index contributed by atoms with van der Waals surface area (Å²) >= 11 is 0. The van der Waals surface area contributed by atoms with Crippen LogP contribution in [0.15, 0.2) is 0 Å². The molecule has 0 amide bonds. The molecule has 0 saturated carbocycles. The van der Waals surface area contributed by atoms with E-state index in [-0.39, 0.29) is 12.4 Å². The Kier molecular flexibility index (Phi) is 18.5. The fourth-order valence-corrected chi connectivity index (χ4v) is 3.96. The van der Waals surface area contributed by atoms with Gasteiger partial charge in [0.05, 0.1) is 19.0 Å². The van der Waals surface area contributed by atoms with Gasteiger partial charge < -0.3 is 0 Å². The van der Waals surface area contributed by atoms with E-state index in [9.17, 15) is 12.8 Å². The summed E-state index contributed by atoms with van der Waals surface area (Å²) in [5, 5.41) is 0. The van der Waals surface area contributed by atoms with Crippen LogP contribution in [-0.2, 0) is 14.3 Å². The Morgan fingerprint density at radius 1 is 0.640 bits per heavy atom. The molecule has 0 N–H and O–H groups in total. The van der Waals surface area contributed by atoms with E-state index in [4.69, 9.17) is 4.18 Å². The molecule has 25 heavy (non-hydrogen) atoms. The van der Waals surface area contributed by atoms with Crippen molar-refractivity contribution in [1.82, 2.24) is 0 Å². The first kappa shape index (κ1) is 24.8. The minimum atomic E-state index is -3.36. The predicted octanol–water partition coefficient (Wildman–Crippen LogP) is 6.56. The van der Waals surface area contributed by atoms with Gasteiger partial charge in [0.25, 0.3) is 10.1 Å². The predicted molar refractivity (Wildman–Crippen MR) is 105 cm³/mol. The highest BCUT2D eigenvalue weighted by molar-refractivity contribution is 7.86. The lowest BCUT2D eigenvalue weighted by Crippen LogP contribution is -2.11. The molecule has 0 aliphatic heterocycles. The summed E-state index contributed by atoms with van der Waals surface area (Å²) in [6.07, 6.45) is 17.5. The zero-order valence-electron chi connectivity index (χ0n) is 16.4. The maximum atomic E-state index is 11.9. The molecule has 0 aromatic heterocycles. The summed E-state index contributed by atoms with van der Waals surface area (Å²) in [7, 11) is -3.36. The van der Waals surface area contributed by atoms with Crippen molar-refractivity contribution in [3.63, 3.8) is 0 Å². The zero-order valence-corrected chi connectivity index (χ0v) is 17.3. The van der Waals surface area contributed by atoms with Gasteiger partial charge in [0.2, 0.25) is 0 Å². The van der Waals surface area contributed by atoms with E-state index in [1.165, 1.54) is 57.8 Å². The highest BCUT2D eigenvalue weighted by atomic mass is 32.2. The van der Waals surface area contributed by atoms with E-state index in [0.717, 1.165) is 32.1 Å². The van der Waals surface area contributed by atoms with E-state index < -0.39 is 10.1 Å². The highest BCUT2D eigenvalue weighted by Crippen LogP contribution is 2.12. The summed E-state index contributed by atoms with van der Waals surface area (Å²) in [6, 6.07) is 0. The third-order valence-corrected chi connectivity index (χ3v) is 5.85. The van der Waals surface area contributed by atoms with E-state index >= 15 is 0 Å². The molecule has 0 radical (unpaired) electrons. The lowest BCUT2D eigenvalue weighted by molar-refractivity contribution is 0.305. The lowest BCUT2D eigenvalue weighted by atomic mass is 10.1. The Morgan fingerprint density at radius 3 is 1.60 bits per heavy atom. The van der Waals surface area contributed by atoms with E-state index in [2.05, 4.69) is 6.92 Å². The highest BCUT2D eigenvalue weighted by Gasteiger charge is 2.10. The van der Waals surface area contributed by atoms with E-state index in [1.807, 2.05) is 0 Å². The molecule has 0 rings (SSSR count). The van der Waals surface area contributed by atoms with Gasteiger partial charge in [0, 0.05) is 0 Å². The number of halogens is 1. The third-order valence-electron chi connectivity index (χ3n) is 4.54. The van der Waals surface area contributed by atoms with Gasteiger partial charge in [-0.3, -0.25) is 8.57 Å². The lowest BCUT2D eigenvalue weighted by Gasteiger charge is -2.06. The molecule has 152 valence electrons. The smallest absolute Gasteiger partial charge is 0.267 e. The maximum absolute atomic E-state index is 11.9. The SMILES string of the molecule is CCCCCCCCCCCCCOS(=O)(=O)CCCCCCCF. The molecule has 0 heterocycles. The molecule has 0 aromatic rings. The summed E-state index contributed by atoms with van der Waals surface area (Å²) in [5.74, 6) is 0.0979. The molecule has 0 saturated heterocycles. The standard InChI is InChI=1S/C20H41FO3S/c1-2-3-4-5-6-7-8-9-10-13-16-19-24-25(22,23)20-17-14-11-12-15-18-21/h2-20H2,1H3. The normalized spacial score (nSPS) is 11.9. The second-order valence-corrected chi connectivity index (χ2v) is 8.84.